The van der Waals surface area contributed by atoms with E-state index < -0.39 is 12.3 Å². The van der Waals surface area contributed by atoms with Gasteiger partial charge in [-0.2, -0.15) is 0 Å². The summed E-state index contributed by atoms with van der Waals surface area (Å²) in [7, 11) is 0. The zero-order valence-electron chi connectivity index (χ0n) is 17.7. The fraction of sp³-hybridized carbons (Fsp3) is 0.208. The number of halogens is 3. The Morgan fingerprint density at radius 1 is 1.06 bits per heavy atom. The molecule has 1 aliphatic rings. The maximum Gasteiger partial charge on any atom is 0.573 e. The van der Waals surface area contributed by atoms with Crippen molar-refractivity contribution in [3.63, 3.8) is 0 Å². The number of Topliss-reactive ketones (excluding diaryl/α,β-unsaturated/α-hetero) is 1. The molecule has 2 heterocycles. The van der Waals surface area contributed by atoms with E-state index in [2.05, 4.69) is 9.72 Å². The van der Waals surface area contributed by atoms with Gasteiger partial charge in [0, 0.05) is 12.6 Å². The number of para-hydroxylation sites is 1. The van der Waals surface area contributed by atoms with E-state index >= 15 is 0 Å². The minimum atomic E-state index is -4.77. The molecular formula is C24H19F3N2O5. The first-order chi connectivity index (χ1) is 16.2. The number of fused-ring (bicyclic) bond motifs is 1. The first-order valence-electron chi connectivity index (χ1n) is 10.3. The highest BCUT2D eigenvalue weighted by atomic mass is 19.4. The van der Waals surface area contributed by atoms with Crippen LogP contribution >= 0.6 is 0 Å². The predicted molar refractivity (Wildman–Crippen MR) is 116 cm³/mol. The van der Waals surface area contributed by atoms with Gasteiger partial charge in [0.2, 0.25) is 0 Å². The molecule has 7 nitrogen and oxygen atoms in total. The average Bonchev–Trinajstić information content (AvgIpc) is 2.81. The predicted octanol–water partition coefficient (Wildman–Crippen LogP) is 5.02. The number of aryl methyl sites for hydroxylation is 1. The van der Waals surface area contributed by atoms with Gasteiger partial charge in [0.1, 0.15) is 23.7 Å². The molecule has 2 aromatic carbocycles. The van der Waals surface area contributed by atoms with Crippen molar-refractivity contribution in [1.82, 2.24) is 4.98 Å². The Morgan fingerprint density at radius 2 is 1.79 bits per heavy atom. The third-order valence-electron chi connectivity index (χ3n) is 5.22. The summed E-state index contributed by atoms with van der Waals surface area (Å²) >= 11 is 0. The topological polar surface area (TPSA) is 89.0 Å². The lowest BCUT2D eigenvalue weighted by atomic mass is 10.0. The van der Waals surface area contributed by atoms with Gasteiger partial charge in [-0.25, -0.2) is 9.78 Å². The lowest BCUT2D eigenvalue weighted by Gasteiger charge is -2.32. The second-order valence-corrected chi connectivity index (χ2v) is 7.45. The highest BCUT2D eigenvalue weighted by Crippen LogP contribution is 2.40. The zero-order chi connectivity index (χ0) is 24.3. The molecule has 1 aliphatic heterocycles. The summed E-state index contributed by atoms with van der Waals surface area (Å²) in [5.74, 6) is -1.06. The SMILES string of the molecule is O=C(O)c1cccnc1N1CCOc2c(C(=O)CCc3ccc(OC(F)(F)F)cc3)cccc21. The third kappa shape index (κ3) is 5.11. The molecule has 0 saturated heterocycles. The van der Waals surface area contributed by atoms with E-state index in [-0.39, 0.29) is 35.9 Å². The largest absolute Gasteiger partial charge is 0.573 e. The van der Waals surface area contributed by atoms with Crippen LogP contribution in [0.5, 0.6) is 11.5 Å². The van der Waals surface area contributed by atoms with Gasteiger partial charge in [-0.1, -0.05) is 18.2 Å². The van der Waals surface area contributed by atoms with Gasteiger partial charge in [0.25, 0.3) is 0 Å². The van der Waals surface area contributed by atoms with Crippen molar-refractivity contribution in [2.45, 2.75) is 19.2 Å². The van der Waals surface area contributed by atoms with E-state index in [1.165, 1.54) is 42.6 Å². The zero-order valence-corrected chi connectivity index (χ0v) is 17.7. The first kappa shape index (κ1) is 23.1. The summed E-state index contributed by atoms with van der Waals surface area (Å²) in [6, 6.07) is 13.4. The molecule has 0 aliphatic carbocycles. The highest BCUT2D eigenvalue weighted by Gasteiger charge is 2.31. The molecule has 34 heavy (non-hydrogen) atoms. The van der Waals surface area contributed by atoms with E-state index in [1.807, 2.05) is 0 Å². The molecule has 0 fully saturated rings. The van der Waals surface area contributed by atoms with Gasteiger partial charge in [-0.15, -0.1) is 13.2 Å². The van der Waals surface area contributed by atoms with Crippen LogP contribution in [0.2, 0.25) is 0 Å². The van der Waals surface area contributed by atoms with Gasteiger partial charge in [0.05, 0.1) is 17.8 Å². The molecule has 1 aromatic heterocycles. The summed E-state index contributed by atoms with van der Waals surface area (Å²) in [5, 5.41) is 9.52. The highest BCUT2D eigenvalue weighted by molar-refractivity contribution is 6.01. The lowest BCUT2D eigenvalue weighted by molar-refractivity contribution is -0.274. The molecule has 176 valence electrons. The van der Waals surface area contributed by atoms with Gasteiger partial charge in [0.15, 0.2) is 11.5 Å². The van der Waals surface area contributed by atoms with Crippen LogP contribution in [0.25, 0.3) is 0 Å². The number of benzene rings is 2. The van der Waals surface area contributed by atoms with Gasteiger partial charge < -0.3 is 19.5 Å². The number of alkyl halides is 3. The molecule has 0 amide bonds. The average molecular weight is 472 g/mol. The molecule has 0 bridgehead atoms. The van der Waals surface area contributed by atoms with Crippen LogP contribution in [0.4, 0.5) is 24.7 Å². The monoisotopic (exact) mass is 472 g/mol. The fourth-order valence-electron chi connectivity index (χ4n) is 3.72. The smallest absolute Gasteiger partial charge is 0.489 e. The van der Waals surface area contributed by atoms with Crippen molar-refractivity contribution >= 4 is 23.3 Å². The molecule has 0 unspecified atom stereocenters. The number of carboxylic acids is 1. The van der Waals surface area contributed by atoms with Gasteiger partial charge in [-0.3, -0.25) is 4.79 Å². The number of carbonyl (C=O) groups is 2. The maximum atomic E-state index is 13.0. The van der Waals surface area contributed by atoms with E-state index in [1.54, 1.807) is 23.1 Å². The van der Waals surface area contributed by atoms with Crippen molar-refractivity contribution in [3.8, 4) is 11.5 Å². The number of ether oxygens (including phenoxy) is 2. The normalized spacial score (nSPS) is 13.1. The standard InChI is InChI=1S/C24H19F3N2O5/c25-24(26,27)34-16-9-6-15(7-10-16)8-11-20(30)17-3-1-5-19-21(17)33-14-13-29(19)22-18(23(31)32)4-2-12-28-22/h1-7,9-10,12H,8,11,13-14H2,(H,31,32). The minimum absolute atomic E-state index is 0.0324. The Balaban J connectivity index is 1.53. The van der Waals surface area contributed by atoms with Crippen LogP contribution in [0.1, 0.15) is 32.7 Å². The number of hydrogen-bond acceptors (Lipinski definition) is 6. The molecule has 10 heteroatoms. The Kier molecular flexibility index (Phi) is 6.40. The van der Waals surface area contributed by atoms with E-state index in [9.17, 15) is 27.9 Å². The minimum Gasteiger partial charge on any atom is -0.489 e. The lowest BCUT2D eigenvalue weighted by Crippen LogP contribution is -2.31. The summed E-state index contributed by atoms with van der Waals surface area (Å²) in [6.07, 6.45) is -2.86. The van der Waals surface area contributed by atoms with Crippen molar-refractivity contribution in [2.75, 3.05) is 18.1 Å². The summed E-state index contributed by atoms with van der Waals surface area (Å²) in [6.45, 7) is 0.585. The molecule has 4 rings (SSSR count). The molecule has 3 aromatic rings. The third-order valence-corrected chi connectivity index (χ3v) is 5.22. The van der Waals surface area contributed by atoms with E-state index in [0.29, 0.717) is 35.5 Å². The van der Waals surface area contributed by atoms with Crippen molar-refractivity contribution in [3.05, 3.63) is 77.5 Å². The fourth-order valence-corrected chi connectivity index (χ4v) is 3.72. The van der Waals surface area contributed by atoms with Gasteiger partial charge in [-0.05, 0) is 48.4 Å². The van der Waals surface area contributed by atoms with Crippen LogP contribution in [0, 0.1) is 0 Å². The maximum absolute atomic E-state index is 13.0. The Morgan fingerprint density at radius 3 is 2.50 bits per heavy atom. The van der Waals surface area contributed by atoms with Crippen molar-refractivity contribution < 1.29 is 37.3 Å². The van der Waals surface area contributed by atoms with Crippen LogP contribution in [0.15, 0.2) is 60.8 Å². The van der Waals surface area contributed by atoms with Crippen LogP contribution < -0.4 is 14.4 Å². The summed E-state index contributed by atoms with van der Waals surface area (Å²) < 4.78 is 46.5. The summed E-state index contributed by atoms with van der Waals surface area (Å²) in [4.78, 5) is 30.6. The number of aromatic nitrogens is 1. The summed E-state index contributed by atoms with van der Waals surface area (Å²) in [5.41, 5.74) is 1.58. The number of hydrogen-bond donors (Lipinski definition) is 1. The van der Waals surface area contributed by atoms with E-state index in [4.69, 9.17) is 4.74 Å². The number of aromatic carboxylic acids is 1. The van der Waals surface area contributed by atoms with Gasteiger partial charge >= 0.3 is 12.3 Å². The van der Waals surface area contributed by atoms with Crippen LogP contribution in [-0.2, 0) is 6.42 Å². The Labute approximate surface area is 192 Å². The number of anilines is 2. The van der Waals surface area contributed by atoms with Crippen molar-refractivity contribution in [1.29, 1.82) is 0 Å². The van der Waals surface area contributed by atoms with Crippen LogP contribution in [-0.4, -0.2) is 41.4 Å². The van der Waals surface area contributed by atoms with E-state index in [0.717, 1.165) is 0 Å². The van der Waals surface area contributed by atoms with Crippen molar-refractivity contribution in [2.24, 2.45) is 0 Å². The quantitative estimate of drug-likeness (QED) is 0.483. The molecule has 0 saturated carbocycles. The van der Waals surface area contributed by atoms with Crippen LogP contribution in [0.3, 0.4) is 0 Å². The first-order valence-corrected chi connectivity index (χ1v) is 10.3. The Hall–Kier alpha value is -4.08. The Bertz CT molecular complexity index is 1210. The molecule has 0 radical (unpaired) electrons. The molecule has 0 atom stereocenters. The number of pyridine rings is 1. The molecular weight excluding hydrogens is 453 g/mol. The second-order valence-electron chi connectivity index (χ2n) is 7.45. The second kappa shape index (κ2) is 9.42. The molecule has 0 spiro atoms. The number of carbonyl (C=O) groups excluding carboxylic acids is 1. The number of carboxylic acid groups (broad SMARTS) is 1. The number of rotatable bonds is 7. The number of ketones is 1. The molecule has 1 N–H and O–H groups in total. The number of nitrogens with zero attached hydrogens (tertiary/aromatic N) is 2.